The summed E-state index contributed by atoms with van der Waals surface area (Å²) < 4.78 is 0. The van der Waals surface area contributed by atoms with Crippen molar-refractivity contribution in [2.75, 3.05) is 0 Å². The first-order valence-corrected chi connectivity index (χ1v) is 18.3. The van der Waals surface area contributed by atoms with Crippen LogP contribution in [0, 0.1) is 0 Å². The summed E-state index contributed by atoms with van der Waals surface area (Å²) in [6.07, 6.45) is 0. The summed E-state index contributed by atoms with van der Waals surface area (Å²) in [4.78, 5) is 10.5. The summed E-state index contributed by atoms with van der Waals surface area (Å²) in [5, 5.41) is 2.39. The number of hydrogen-bond donors (Lipinski definition) is 0. The standard InChI is InChI=1S/C50H38N2/c1-49(2)42-20-12-10-18-37(42)40-28-32(22-26-44(40)49)34-24-25-39(36-17-9-8-16-35(34)36)47-30-46(51-48(52-47)31-14-6-5-7-15-31)33-23-27-45-41(29-33)38-19-11-13-21-43(38)50(45,3)4/h5-30H,1-4H3. The van der Waals surface area contributed by atoms with Crippen LogP contribution < -0.4 is 0 Å². The number of aromatic nitrogens is 2. The van der Waals surface area contributed by atoms with Crippen molar-refractivity contribution in [1.29, 1.82) is 0 Å². The molecule has 0 fully saturated rings. The molecule has 248 valence electrons. The maximum atomic E-state index is 5.26. The molecule has 10 rings (SSSR count). The minimum atomic E-state index is -0.0461. The molecule has 1 aromatic heterocycles. The molecular weight excluding hydrogens is 629 g/mol. The Morgan fingerprint density at radius 2 is 0.808 bits per heavy atom. The van der Waals surface area contributed by atoms with Gasteiger partial charge >= 0.3 is 0 Å². The zero-order chi connectivity index (χ0) is 35.2. The van der Waals surface area contributed by atoms with Gasteiger partial charge < -0.3 is 0 Å². The Balaban J connectivity index is 1.14. The van der Waals surface area contributed by atoms with Gasteiger partial charge in [0.25, 0.3) is 0 Å². The maximum Gasteiger partial charge on any atom is 0.160 e. The van der Waals surface area contributed by atoms with Gasteiger partial charge in [0.05, 0.1) is 11.4 Å². The largest absolute Gasteiger partial charge is 0.228 e. The van der Waals surface area contributed by atoms with E-state index in [4.69, 9.17) is 9.97 Å². The van der Waals surface area contributed by atoms with Crippen molar-refractivity contribution < 1.29 is 0 Å². The lowest BCUT2D eigenvalue weighted by Crippen LogP contribution is -2.14. The van der Waals surface area contributed by atoms with Gasteiger partial charge in [0.2, 0.25) is 0 Å². The third-order valence-corrected chi connectivity index (χ3v) is 11.7. The Bertz CT molecular complexity index is 2730. The first-order chi connectivity index (χ1) is 25.3. The van der Waals surface area contributed by atoms with Crippen LogP contribution in [0.15, 0.2) is 158 Å². The van der Waals surface area contributed by atoms with Crippen molar-refractivity contribution in [2.45, 2.75) is 38.5 Å². The Kier molecular flexibility index (Phi) is 6.60. The molecule has 0 saturated heterocycles. The van der Waals surface area contributed by atoms with Gasteiger partial charge in [-0.05, 0) is 84.6 Å². The molecule has 2 aliphatic carbocycles. The predicted molar refractivity (Wildman–Crippen MR) is 216 cm³/mol. The van der Waals surface area contributed by atoms with E-state index < -0.39 is 0 Å². The molecule has 7 aromatic carbocycles. The van der Waals surface area contributed by atoms with Gasteiger partial charge in [-0.25, -0.2) is 9.97 Å². The third kappa shape index (κ3) is 4.50. The van der Waals surface area contributed by atoms with E-state index in [9.17, 15) is 0 Å². The first-order valence-electron chi connectivity index (χ1n) is 18.3. The lowest BCUT2D eigenvalue weighted by molar-refractivity contribution is 0.660. The fourth-order valence-corrected chi connectivity index (χ4v) is 8.99. The van der Waals surface area contributed by atoms with E-state index in [1.165, 1.54) is 66.4 Å². The highest BCUT2D eigenvalue weighted by Crippen LogP contribution is 2.51. The van der Waals surface area contributed by atoms with E-state index in [-0.39, 0.29) is 10.8 Å². The SMILES string of the molecule is CC1(C)c2ccccc2-c2cc(-c3cc(-c4ccc(-c5ccc6c(c5)-c5ccccc5C6(C)C)c5ccccc45)nc(-c4ccccc4)n3)ccc21. The molecule has 1 heterocycles. The van der Waals surface area contributed by atoms with Crippen molar-refractivity contribution in [1.82, 2.24) is 9.97 Å². The summed E-state index contributed by atoms with van der Waals surface area (Å²) in [6, 6.07) is 57.4. The molecular formula is C50H38N2. The molecule has 8 aromatic rings. The molecule has 2 aliphatic rings. The van der Waals surface area contributed by atoms with Crippen LogP contribution >= 0.6 is 0 Å². The van der Waals surface area contributed by atoms with E-state index in [1.54, 1.807) is 0 Å². The lowest BCUT2D eigenvalue weighted by atomic mass is 9.82. The van der Waals surface area contributed by atoms with E-state index in [2.05, 4.69) is 179 Å². The molecule has 0 unspecified atom stereocenters. The zero-order valence-corrected chi connectivity index (χ0v) is 29.9. The minimum Gasteiger partial charge on any atom is -0.228 e. The maximum absolute atomic E-state index is 5.26. The van der Waals surface area contributed by atoms with Gasteiger partial charge in [0.1, 0.15) is 0 Å². The van der Waals surface area contributed by atoms with Gasteiger partial charge in [-0.15, -0.1) is 0 Å². The van der Waals surface area contributed by atoms with Crippen molar-refractivity contribution in [3.63, 3.8) is 0 Å². The smallest absolute Gasteiger partial charge is 0.160 e. The summed E-state index contributed by atoms with van der Waals surface area (Å²) in [5.74, 6) is 0.724. The molecule has 0 aliphatic heterocycles. The van der Waals surface area contributed by atoms with Gasteiger partial charge in [0.15, 0.2) is 5.82 Å². The fourth-order valence-electron chi connectivity index (χ4n) is 8.99. The second-order valence-corrected chi connectivity index (χ2v) is 15.4. The second kappa shape index (κ2) is 11.2. The Morgan fingerprint density at radius 3 is 1.46 bits per heavy atom. The van der Waals surface area contributed by atoms with Crippen LogP contribution in [-0.4, -0.2) is 9.97 Å². The summed E-state index contributed by atoms with van der Waals surface area (Å²) in [5.41, 5.74) is 18.2. The molecule has 2 heteroatoms. The van der Waals surface area contributed by atoms with Crippen LogP contribution in [0.2, 0.25) is 0 Å². The van der Waals surface area contributed by atoms with Gasteiger partial charge in [-0.2, -0.15) is 0 Å². The van der Waals surface area contributed by atoms with E-state index in [0.29, 0.717) is 0 Å². The van der Waals surface area contributed by atoms with Crippen LogP contribution in [0.25, 0.3) is 78.1 Å². The monoisotopic (exact) mass is 666 g/mol. The Morgan fingerprint density at radius 1 is 0.327 bits per heavy atom. The van der Waals surface area contributed by atoms with E-state index in [0.717, 1.165) is 33.9 Å². The van der Waals surface area contributed by atoms with Gasteiger partial charge in [0, 0.05) is 27.5 Å². The highest BCUT2D eigenvalue weighted by molar-refractivity contribution is 6.05. The third-order valence-electron chi connectivity index (χ3n) is 11.7. The fraction of sp³-hybridized carbons (Fsp3) is 0.120. The van der Waals surface area contributed by atoms with Crippen LogP contribution in [0.3, 0.4) is 0 Å². The topological polar surface area (TPSA) is 25.8 Å². The summed E-state index contributed by atoms with van der Waals surface area (Å²) in [7, 11) is 0. The number of rotatable bonds is 4. The highest BCUT2D eigenvalue weighted by Gasteiger charge is 2.36. The van der Waals surface area contributed by atoms with Crippen molar-refractivity contribution >= 4 is 10.8 Å². The lowest BCUT2D eigenvalue weighted by Gasteiger charge is -2.21. The molecule has 0 bridgehead atoms. The molecule has 0 atom stereocenters. The van der Waals surface area contributed by atoms with Crippen LogP contribution in [0.1, 0.15) is 49.9 Å². The minimum absolute atomic E-state index is 0.0179. The normalized spacial score (nSPS) is 14.5. The van der Waals surface area contributed by atoms with Gasteiger partial charge in [-0.3, -0.25) is 0 Å². The first kappa shape index (κ1) is 30.7. The summed E-state index contributed by atoms with van der Waals surface area (Å²) in [6.45, 7) is 9.32. The van der Waals surface area contributed by atoms with E-state index in [1.807, 2.05) is 6.07 Å². The highest BCUT2D eigenvalue weighted by atomic mass is 14.9. The quantitative estimate of drug-likeness (QED) is 0.187. The second-order valence-electron chi connectivity index (χ2n) is 15.4. The molecule has 0 radical (unpaired) electrons. The molecule has 0 amide bonds. The van der Waals surface area contributed by atoms with Crippen LogP contribution in [0.5, 0.6) is 0 Å². The van der Waals surface area contributed by atoms with E-state index >= 15 is 0 Å². The van der Waals surface area contributed by atoms with Crippen molar-refractivity contribution in [3.8, 4) is 67.3 Å². The Hall–Kier alpha value is -6.12. The average molecular weight is 667 g/mol. The van der Waals surface area contributed by atoms with Crippen molar-refractivity contribution in [3.05, 3.63) is 180 Å². The average Bonchev–Trinajstić information content (AvgIpc) is 3.56. The number of fused-ring (bicyclic) bond motifs is 7. The number of benzene rings is 7. The number of nitrogens with zero attached hydrogens (tertiary/aromatic N) is 2. The molecule has 52 heavy (non-hydrogen) atoms. The van der Waals surface area contributed by atoms with Crippen molar-refractivity contribution in [2.24, 2.45) is 0 Å². The summed E-state index contributed by atoms with van der Waals surface area (Å²) >= 11 is 0. The number of hydrogen-bond acceptors (Lipinski definition) is 2. The Labute approximate surface area is 305 Å². The molecule has 0 N–H and O–H groups in total. The van der Waals surface area contributed by atoms with Gasteiger partial charge in [-0.1, -0.05) is 167 Å². The van der Waals surface area contributed by atoms with Crippen LogP contribution in [0.4, 0.5) is 0 Å². The molecule has 2 nitrogen and oxygen atoms in total. The molecule has 0 spiro atoms. The predicted octanol–water partition coefficient (Wildman–Crippen LogP) is 12.9. The molecule has 0 saturated carbocycles. The van der Waals surface area contributed by atoms with Crippen LogP contribution in [-0.2, 0) is 10.8 Å². The zero-order valence-electron chi connectivity index (χ0n) is 29.9.